The van der Waals surface area contributed by atoms with Gasteiger partial charge in [0.05, 0.1) is 31.1 Å². The van der Waals surface area contributed by atoms with Crippen LogP contribution >= 0.6 is 43.6 Å². The van der Waals surface area contributed by atoms with Crippen LogP contribution in [-0.4, -0.2) is 31.0 Å². The monoisotopic (exact) mass is 695 g/mol. The van der Waals surface area contributed by atoms with Gasteiger partial charge in [-0.1, -0.05) is 17.7 Å². The molecule has 0 aliphatic carbocycles. The van der Waals surface area contributed by atoms with Crippen LogP contribution in [0.5, 0.6) is 11.5 Å². The van der Waals surface area contributed by atoms with Gasteiger partial charge in [-0.15, -0.1) is 0 Å². The number of nitro groups is 1. The van der Waals surface area contributed by atoms with E-state index < -0.39 is 20.9 Å². The third-order valence-electron chi connectivity index (χ3n) is 5.15. The average Bonchev–Trinajstić information content (AvgIpc) is 3.21. The Balaban J connectivity index is 1.61. The minimum atomic E-state index is -4.14. The lowest BCUT2D eigenvalue weighted by Crippen LogP contribution is -2.19. The number of benzene rings is 3. The molecule has 0 saturated carbocycles. The molecule has 1 N–H and O–H groups in total. The Morgan fingerprint density at radius 3 is 2.46 bits per heavy atom. The number of ether oxygens (including phenoxy) is 1. The molecule has 0 radical (unpaired) electrons. The molecule has 3 aromatic carbocycles. The zero-order valence-corrected chi connectivity index (χ0v) is 25.1. The number of aryl methyl sites for hydroxylation is 1. The summed E-state index contributed by atoms with van der Waals surface area (Å²) in [5.41, 5.74) is 1.76. The van der Waals surface area contributed by atoms with Crippen LogP contribution < -0.4 is 14.2 Å². The van der Waals surface area contributed by atoms with E-state index in [1.807, 2.05) is 6.92 Å². The highest BCUT2D eigenvalue weighted by Gasteiger charge is 2.26. The lowest BCUT2D eigenvalue weighted by atomic mass is 10.2. The van der Waals surface area contributed by atoms with E-state index in [9.17, 15) is 23.3 Å². The topological polar surface area (TPSA) is 137 Å². The molecule has 14 heteroatoms. The van der Waals surface area contributed by atoms with E-state index in [-0.39, 0.29) is 33.9 Å². The number of aliphatic imine (C=N–C) groups is 1. The summed E-state index contributed by atoms with van der Waals surface area (Å²) in [6.45, 7) is 3.83. The number of amidine groups is 1. The first kappa shape index (κ1) is 28.8. The number of hydrogen-bond acceptors (Lipinski definition) is 9. The minimum Gasteiger partial charge on any atom is -0.490 e. The van der Waals surface area contributed by atoms with Crippen LogP contribution in [0.4, 0.5) is 11.4 Å². The third kappa shape index (κ3) is 6.87. The Bertz CT molecular complexity index is 1640. The lowest BCUT2D eigenvalue weighted by molar-refractivity contribution is -0.384. The van der Waals surface area contributed by atoms with Crippen LogP contribution in [0.25, 0.3) is 6.08 Å². The van der Waals surface area contributed by atoms with Crippen LogP contribution in [0.1, 0.15) is 18.1 Å². The van der Waals surface area contributed by atoms with Gasteiger partial charge in [0.1, 0.15) is 4.90 Å². The lowest BCUT2D eigenvalue weighted by Gasteiger charge is -2.14. The smallest absolute Gasteiger partial charge is 0.339 e. The summed E-state index contributed by atoms with van der Waals surface area (Å²) >= 11 is 7.71. The Morgan fingerprint density at radius 2 is 1.82 bits per heavy atom. The standard InChI is InChI=1S/C25H19Br2N3O7S2/c1-3-36-21-11-15(10-19(27)23(21)37-39(34,35)17-7-4-14(2)5-8-17)12-22-24(31)29-25(38-22)28-20-9-6-16(30(32)33)13-18(20)26/h4-13H,3H2,1-2H3,(H,28,29,31)/b22-12+. The quantitative estimate of drug-likeness (QED) is 0.122. The maximum absolute atomic E-state index is 12.9. The molecule has 0 bridgehead atoms. The molecule has 3 aromatic rings. The number of amides is 1. The SMILES string of the molecule is CCOc1cc(/C=C2/SC(=Nc3ccc([N+](=O)[O-])cc3Br)NC2=O)cc(Br)c1OS(=O)(=O)c1ccc(C)cc1. The predicted molar refractivity (Wildman–Crippen MR) is 156 cm³/mol. The molecule has 0 aromatic heterocycles. The second-order valence-corrected chi connectivity index (χ2v) is 12.3. The second-order valence-electron chi connectivity index (χ2n) is 7.99. The van der Waals surface area contributed by atoms with Crippen LogP contribution in [-0.2, 0) is 14.9 Å². The molecule has 1 fully saturated rings. The molecule has 39 heavy (non-hydrogen) atoms. The van der Waals surface area contributed by atoms with Crippen molar-refractivity contribution in [3.05, 3.63) is 89.7 Å². The largest absolute Gasteiger partial charge is 0.490 e. The van der Waals surface area contributed by atoms with Crippen molar-refractivity contribution < 1.29 is 27.1 Å². The molecular weight excluding hydrogens is 678 g/mol. The van der Waals surface area contributed by atoms with E-state index in [1.54, 1.807) is 37.3 Å². The molecule has 10 nitrogen and oxygen atoms in total. The molecule has 1 aliphatic heterocycles. The van der Waals surface area contributed by atoms with Gasteiger partial charge in [-0.3, -0.25) is 14.9 Å². The van der Waals surface area contributed by atoms with Crippen LogP contribution in [0.3, 0.4) is 0 Å². The van der Waals surface area contributed by atoms with Gasteiger partial charge in [-0.2, -0.15) is 8.42 Å². The van der Waals surface area contributed by atoms with E-state index >= 15 is 0 Å². The maximum atomic E-state index is 12.9. The van der Waals surface area contributed by atoms with Gasteiger partial charge < -0.3 is 14.2 Å². The number of thioether (sulfide) groups is 1. The molecular formula is C25H19Br2N3O7S2. The summed E-state index contributed by atoms with van der Waals surface area (Å²) in [5.74, 6) is -0.247. The normalized spacial score (nSPS) is 15.4. The van der Waals surface area contributed by atoms with Crippen molar-refractivity contribution in [1.29, 1.82) is 0 Å². The Hall–Kier alpha value is -3.20. The molecule has 0 atom stereocenters. The van der Waals surface area contributed by atoms with Crippen molar-refractivity contribution >= 4 is 82.3 Å². The molecule has 202 valence electrons. The highest BCUT2D eigenvalue weighted by Crippen LogP contribution is 2.40. The van der Waals surface area contributed by atoms with E-state index in [4.69, 9.17) is 8.92 Å². The van der Waals surface area contributed by atoms with Crippen molar-refractivity contribution in [3.63, 3.8) is 0 Å². The van der Waals surface area contributed by atoms with Crippen molar-refractivity contribution in [2.24, 2.45) is 4.99 Å². The molecule has 1 saturated heterocycles. The molecule has 4 rings (SSSR count). The third-order valence-corrected chi connectivity index (χ3v) is 8.52. The van der Waals surface area contributed by atoms with Crippen molar-refractivity contribution in [2.45, 2.75) is 18.7 Å². The first-order valence-electron chi connectivity index (χ1n) is 11.2. The van der Waals surface area contributed by atoms with Gasteiger partial charge in [0.25, 0.3) is 11.6 Å². The fraction of sp³-hybridized carbons (Fsp3) is 0.120. The van der Waals surface area contributed by atoms with Gasteiger partial charge in [-0.25, -0.2) is 4.99 Å². The van der Waals surface area contributed by atoms with Crippen LogP contribution in [0.2, 0.25) is 0 Å². The molecule has 1 heterocycles. The van der Waals surface area contributed by atoms with Gasteiger partial charge in [0.15, 0.2) is 16.7 Å². The number of carbonyl (C=O) groups excluding carboxylic acids is 1. The number of hydrogen-bond donors (Lipinski definition) is 1. The summed E-state index contributed by atoms with van der Waals surface area (Å²) in [6.07, 6.45) is 1.60. The summed E-state index contributed by atoms with van der Waals surface area (Å²) < 4.78 is 37.5. The van der Waals surface area contributed by atoms with E-state index in [2.05, 4.69) is 42.2 Å². The zero-order chi connectivity index (χ0) is 28.3. The zero-order valence-electron chi connectivity index (χ0n) is 20.3. The fourth-order valence-electron chi connectivity index (χ4n) is 3.32. The Labute approximate surface area is 245 Å². The van der Waals surface area contributed by atoms with Crippen LogP contribution in [0.15, 0.2) is 78.3 Å². The van der Waals surface area contributed by atoms with E-state index in [0.29, 0.717) is 25.1 Å². The number of non-ortho nitro benzene ring substituents is 1. The van der Waals surface area contributed by atoms with Gasteiger partial charge in [0.2, 0.25) is 0 Å². The number of carbonyl (C=O) groups is 1. The highest BCUT2D eigenvalue weighted by atomic mass is 79.9. The van der Waals surface area contributed by atoms with Gasteiger partial charge >= 0.3 is 10.1 Å². The fourth-order valence-corrected chi connectivity index (χ4v) is 6.21. The van der Waals surface area contributed by atoms with Gasteiger partial charge in [-0.05, 0) is 99.4 Å². The van der Waals surface area contributed by atoms with Gasteiger partial charge in [0, 0.05) is 12.1 Å². The first-order chi connectivity index (χ1) is 18.5. The Kier molecular flexibility index (Phi) is 8.79. The molecule has 1 aliphatic rings. The summed E-state index contributed by atoms with van der Waals surface area (Å²) in [7, 11) is -4.14. The van der Waals surface area contributed by atoms with Crippen molar-refractivity contribution in [2.75, 3.05) is 6.61 Å². The number of nitrogens with one attached hydrogen (secondary N) is 1. The van der Waals surface area contributed by atoms with Crippen LogP contribution in [0, 0.1) is 17.0 Å². The second kappa shape index (κ2) is 11.9. The van der Waals surface area contributed by atoms with Crippen molar-refractivity contribution in [3.8, 4) is 11.5 Å². The summed E-state index contributed by atoms with van der Waals surface area (Å²) in [5, 5.41) is 13.9. The highest BCUT2D eigenvalue weighted by molar-refractivity contribution is 9.11. The number of rotatable bonds is 8. The molecule has 1 amide bonds. The van der Waals surface area contributed by atoms with Crippen molar-refractivity contribution in [1.82, 2.24) is 5.32 Å². The molecule has 0 unspecified atom stereocenters. The number of halogens is 2. The minimum absolute atomic E-state index is 0.000792. The first-order valence-corrected chi connectivity index (χ1v) is 15.0. The maximum Gasteiger partial charge on any atom is 0.339 e. The number of nitrogens with zero attached hydrogens (tertiary/aromatic N) is 2. The Morgan fingerprint density at radius 1 is 1.10 bits per heavy atom. The summed E-state index contributed by atoms with van der Waals surface area (Å²) in [4.78, 5) is 27.7. The summed E-state index contributed by atoms with van der Waals surface area (Å²) in [6, 6.07) is 13.5. The average molecular weight is 697 g/mol. The number of nitro benzene ring substituents is 1. The van der Waals surface area contributed by atoms with E-state index in [1.165, 1.54) is 30.3 Å². The predicted octanol–water partition coefficient (Wildman–Crippen LogP) is 6.49. The molecule has 0 spiro atoms. The van der Waals surface area contributed by atoms with E-state index in [0.717, 1.165) is 17.3 Å².